The van der Waals surface area contributed by atoms with Gasteiger partial charge in [-0.25, -0.2) is 0 Å². The van der Waals surface area contributed by atoms with Crippen LogP contribution in [0.2, 0.25) is 5.02 Å². The Morgan fingerprint density at radius 1 is 1.32 bits per heavy atom. The van der Waals surface area contributed by atoms with Gasteiger partial charge in [-0.2, -0.15) is 0 Å². The van der Waals surface area contributed by atoms with Crippen molar-refractivity contribution < 1.29 is 0 Å². The van der Waals surface area contributed by atoms with E-state index in [1.54, 1.807) is 11.3 Å². The zero-order valence-electron chi connectivity index (χ0n) is 11.4. The molecule has 2 rings (SSSR count). The summed E-state index contributed by atoms with van der Waals surface area (Å²) in [6.07, 6.45) is 0. The average molecular weight is 296 g/mol. The number of benzene rings is 1. The molecule has 102 valence electrons. The topological polar surface area (TPSA) is 37.8 Å². The molecule has 0 aliphatic rings. The van der Waals surface area contributed by atoms with E-state index in [1.807, 2.05) is 25.1 Å². The molecule has 0 saturated heterocycles. The number of aromatic nitrogens is 2. The second-order valence-corrected chi connectivity index (χ2v) is 6.48. The molecule has 1 aromatic carbocycles. The minimum Gasteiger partial charge on any atom is -0.310 e. The van der Waals surface area contributed by atoms with E-state index in [2.05, 4.69) is 29.4 Å². The maximum absolute atomic E-state index is 5.97. The molecular weight excluding hydrogens is 278 g/mol. The van der Waals surface area contributed by atoms with Crippen molar-refractivity contribution in [1.29, 1.82) is 0 Å². The highest BCUT2D eigenvalue weighted by Crippen LogP contribution is 2.28. The second-order valence-electron chi connectivity index (χ2n) is 4.98. The zero-order chi connectivity index (χ0) is 13.8. The SMILES string of the molecule is Cc1cc(Cl)ccc1-c1nnc(CNCC(C)C)s1. The Balaban J connectivity index is 2.08. The number of nitrogens with zero attached hydrogens (tertiary/aromatic N) is 2. The lowest BCUT2D eigenvalue weighted by atomic mass is 10.1. The third-order valence-electron chi connectivity index (χ3n) is 2.71. The molecule has 0 fully saturated rings. The average Bonchev–Trinajstić information content (AvgIpc) is 2.77. The summed E-state index contributed by atoms with van der Waals surface area (Å²) in [6.45, 7) is 8.20. The third kappa shape index (κ3) is 4.00. The first-order valence-electron chi connectivity index (χ1n) is 6.36. The van der Waals surface area contributed by atoms with Crippen LogP contribution in [0.1, 0.15) is 24.4 Å². The normalized spacial score (nSPS) is 11.2. The van der Waals surface area contributed by atoms with Gasteiger partial charge in [0.15, 0.2) is 0 Å². The smallest absolute Gasteiger partial charge is 0.148 e. The van der Waals surface area contributed by atoms with Crippen molar-refractivity contribution in [2.45, 2.75) is 27.3 Å². The first-order chi connectivity index (χ1) is 9.06. The molecule has 3 nitrogen and oxygen atoms in total. The molecule has 0 atom stereocenters. The fourth-order valence-corrected chi connectivity index (χ4v) is 2.90. The molecule has 5 heteroatoms. The molecule has 0 unspecified atom stereocenters. The van der Waals surface area contributed by atoms with Gasteiger partial charge in [-0.1, -0.05) is 42.9 Å². The first kappa shape index (κ1) is 14.4. The summed E-state index contributed by atoms with van der Waals surface area (Å²) < 4.78 is 0. The van der Waals surface area contributed by atoms with Gasteiger partial charge in [0.05, 0.1) is 0 Å². The largest absolute Gasteiger partial charge is 0.310 e. The molecule has 0 spiro atoms. The first-order valence-corrected chi connectivity index (χ1v) is 7.55. The van der Waals surface area contributed by atoms with Gasteiger partial charge in [0.25, 0.3) is 0 Å². The lowest BCUT2D eigenvalue weighted by molar-refractivity contribution is 0.550. The molecule has 0 bridgehead atoms. The molecule has 0 radical (unpaired) electrons. The van der Waals surface area contributed by atoms with Gasteiger partial charge in [0.1, 0.15) is 10.0 Å². The van der Waals surface area contributed by atoms with E-state index in [0.29, 0.717) is 5.92 Å². The summed E-state index contributed by atoms with van der Waals surface area (Å²) in [5.74, 6) is 0.644. The minimum absolute atomic E-state index is 0.644. The number of aryl methyl sites for hydroxylation is 1. The van der Waals surface area contributed by atoms with Crippen molar-refractivity contribution in [3.8, 4) is 10.6 Å². The highest BCUT2D eigenvalue weighted by Gasteiger charge is 2.09. The quantitative estimate of drug-likeness (QED) is 0.909. The monoisotopic (exact) mass is 295 g/mol. The van der Waals surface area contributed by atoms with Gasteiger partial charge in [0, 0.05) is 17.1 Å². The summed E-state index contributed by atoms with van der Waals surface area (Å²) in [7, 11) is 0. The van der Waals surface area contributed by atoms with Crippen LogP contribution < -0.4 is 5.32 Å². The molecule has 1 N–H and O–H groups in total. The van der Waals surface area contributed by atoms with Crippen LogP contribution in [0.25, 0.3) is 10.6 Å². The van der Waals surface area contributed by atoms with Gasteiger partial charge >= 0.3 is 0 Å². The lowest BCUT2D eigenvalue weighted by Gasteiger charge is -2.04. The number of halogens is 1. The van der Waals surface area contributed by atoms with Crippen molar-refractivity contribution in [3.63, 3.8) is 0 Å². The van der Waals surface area contributed by atoms with Crippen molar-refractivity contribution in [2.24, 2.45) is 5.92 Å². The number of hydrogen-bond donors (Lipinski definition) is 1. The predicted octanol–water partition coefficient (Wildman–Crippen LogP) is 3.91. The van der Waals surface area contributed by atoms with Gasteiger partial charge in [0.2, 0.25) is 0 Å². The van der Waals surface area contributed by atoms with Crippen LogP contribution in [-0.4, -0.2) is 16.7 Å². The Morgan fingerprint density at radius 2 is 2.11 bits per heavy atom. The highest BCUT2D eigenvalue weighted by atomic mass is 35.5. The van der Waals surface area contributed by atoms with E-state index in [4.69, 9.17) is 11.6 Å². The van der Waals surface area contributed by atoms with Crippen molar-refractivity contribution in [2.75, 3.05) is 6.54 Å². The van der Waals surface area contributed by atoms with Crippen molar-refractivity contribution >= 4 is 22.9 Å². The summed E-state index contributed by atoms with van der Waals surface area (Å²) in [4.78, 5) is 0. The molecule has 19 heavy (non-hydrogen) atoms. The lowest BCUT2D eigenvalue weighted by Crippen LogP contribution is -2.18. The maximum Gasteiger partial charge on any atom is 0.148 e. The van der Waals surface area contributed by atoms with Crippen LogP contribution in [0.4, 0.5) is 0 Å². The summed E-state index contributed by atoms with van der Waals surface area (Å²) in [5, 5.41) is 14.6. The number of rotatable bonds is 5. The van der Waals surface area contributed by atoms with Crippen LogP contribution in [-0.2, 0) is 6.54 Å². The van der Waals surface area contributed by atoms with E-state index in [0.717, 1.165) is 39.3 Å². The highest BCUT2D eigenvalue weighted by molar-refractivity contribution is 7.14. The standard InChI is InChI=1S/C14H18ClN3S/c1-9(2)7-16-8-13-17-18-14(19-13)12-5-4-11(15)6-10(12)3/h4-6,9,16H,7-8H2,1-3H3. The van der Waals surface area contributed by atoms with Crippen LogP contribution in [0, 0.1) is 12.8 Å². The third-order valence-corrected chi connectivity index (χ3v) is 3.91. The van der Waals surface area contributed by atoms with Crippen LogP contribution in [0.5, 0.6) is 0 Å². The fourth-order valence-electron chi connectivity index (χ4n) is 1.77. The predicted molar refractivity (Wildman–Crippen MR) is 81.6 cm³/mol. The van der Waals surface area contributed by atoms with Crippen LogP contribution in [0.3, 0.4) is 0 Å². The zero-order valence-corrected chi connectivity index (χ0v) is 13.0. The maximum atomic E-state index is 5.97. The number of hydrogen-bond acceptors (Lipinski definition) is 4. The molecule has 1 heterocycles. The Morgan fingerprint density at radius 3 is 2.79 bits per heavy atom. The summed E-state index contributed by atoms with van der Waals surface area (Å²) in [5.41, 5.74) is 2.24. The Labute approximate surface area is 123 Å². The summed E-state index contributed by atoms with van der Waals surface area (Å²) in [6, 6.07) is 5.85. The van der Waals surface area contributed by atoms with E-state index in [9.17, 15) is 0 Å². The van der Waals surface area contributed by atoms with Crippen LogP contribution >= 0.6 is 22.9 Å². The van der Waals surface area contributed by atoms with Crippen molar-refractivity contribution in [3.05, 3.63) is 33.8 Å². The van der Waals surface area contributed by atoms with E-state index in [-0.39, 0.29) is 0 Å². The van der Waals surface area contributed by atoms with Gasteiger partial charge in [-0.05, 0) is 37.1 Å². The van der Waals surface area contributed by atoms with E-state index < -0.39 is 0 Å². The second kappa shape index (κ2) is 6.46. The molecule has 1 aromatic heterocycles. The molecule has 0 amide bonds. The molecule has 0 aliphatic heterocycles. The minimum atomic E-state index is 0.644. The Kier molecular flexibility index (Phi) is 4.91. The van der Waals surface area contributed by atoms with Crippen LogP contribution in [0.15, 0.2) is 18.2 Å². The van der Waals surface area contributed by atoms with Gasteiger partial charge < -0.3 is 5.32 Å². The molecule has 0 aliphatic carbocycles. The van der Waals surface area contributed by atoms with Gasteiger partial charge in [-0.15, -0.1) is 10.2 Å². The molecular formula is C14H18ClN3S. The van der Waals surface area contributed by atoms with E-state index >= 15 is 0 Å². The Hall–Kier alpha value is -0.970. The van der Waals surface area contributed by atoms with Crippen molar-refractivity contribution in [1.82, 2.24) is 15.5 Å². The summed E-state index contributed by atoms with van der Waals surface area (Å²) >= 11 is 7.59. The van der Waals surface area contributed by atoms with E-state index in [1.165, 1.54) is 0 Å². The fraction of sp³-hybridized carbons (Fsp3) is 0.429. The van der Waals surface area contributed by atoms with Gasteiger partial charge in [-0.3, -0.25) is 0 Å². The molecule has 0 saturated carbocycles. The Bertz CT molecular complexity index is 551. The number of nitrogens with one attached hydrogen (secondary N) is 1. The molecule has 2 aromatic rings.